The zero-order valence-corrected chi connectivity index (χ0v) is 13.1. The van der Waals surface area contributed by atoms with Gasteiger partial charge in [0.1, 0.15) is 6.17 Å². The van der Waals surface area contributed by atoms with Gasteiger partial charge in [-0.25, -0.2) is 4.39 Å². The molecule has 2 fully saturated rings. The summed E-state index contributed by atoms with van der Waals surface area (Å²) in [5.74, 6) is 1.02. The van der Waals surface area contributed by atoms with Gasteiger partial charge in [-0.05, 0) is 44.7 Å². The molecule has 4 heteroatoms. The average Bonchev–Trinajstić information content (AvgIpc) is 2.72. The minimum Gasteiger partial charge on any atom is -0.300 e. The number of hydrogen-bond donors (Lipinski definition) is 0. The van der Waals surface area contributed by atoms with Crippen LogP contribution in [0.3, 0.4) is 0 Å². The molecular formula is C13H24FIN2. The first kappa shape index (κ1) is 14.0. The van der Waals surface area contributed by atoms with Crippen LogP contribution in [0.4, 0.5) is 4.39 Å². The van der Waals surface area contributed by atoms with Crippen LogP contribution < -0.4 is 0 Å². The van der Waals surface area contributed by atoms with E-state index in [1.165, 1.54) is 19.5 Å². The first-order valence-corrected chi connectivity index (χ1v) is 8.05. The minimum absolute atomic E-state index is 0.265. The van der Waals surface area contributed by atoms with Crippen LogP contribution in [-0.2, 0) is 0 Å². The zero-order chi connectivity index (χ0) is 12.4. The predicted octanol–water partition coefficient (Wildman–Crippen LogP) is 2.77. The molecule has 4 atom stereocenters. The highest BCUT2D eigenvalue weighted by atomic mass is 127. The number of halogens is 2. The van der Waals surface area contributed by atoms with Crippen LogP contribution in [0.15, 0.2) is 0 Å². The molecule has 0 saturated carbocycles. The van der Waals surface area contributed by atoms with E-state index in [1.807, 2.05) is 6.92 Å². The van der Waals surface area contributed by atoms with Gasteiger partial charge >= 0.3 is 0 Å². The quantitative estimate of drug-likeness (QED) is 0.437. The van der Waals surface area contributed by atoms with Crippen LogP contribution in [-0.4, -0.2) is 52.7 Å². The van der Waals surface area contributed by atoms with Crippen molar-refractivity contribution < 1.29 is 4.39 Å². The third kappa shape index (κ3) is 3.77. The maximum Gasteiger partial charge on any atom is 0.115 e. The Morgan fingerprint density at radius 3 is 2.65 bits per heavy atom. The van der Waals surface area contributed by atoms with Crippen molar-refractivity contribution in [1.29, 1.82) is 0 Å². The Morgan fingerprint density at radius 2 is 2.06 bits per heavy atom. The molecule has 2 aliphatic rings. The smallest absolute Gasteiger partial charge is 0.115 e. The summed E-state index contributed by atoms with van der Waals surface area (Å²) in [6, 6.07) is 0. The van der Waals surface area contributed by atoms with Crippen LogP contribution in [0.5, 0.6) is 0 Å². The topological polar surface area (TPSA) is 6.48 Å². The fraction of sp³-hybridized carbons (Fsp3) is 1.00. The normalized spacial score (nSPS) is 38.5. The van der Waals surface area contributed by atoms with Crippen LogP contribution in [0, 0.1) is 11.8 Å². The van der Waals surface area contributed by atoms with Gasteiger partial charge in [0.2, 0.25) is 0 Å². The van der Waals surface area contributed by atoms with Crippen LogP contribution in [0.25, 0.3) is 0 Å². The van der Waals surface area contributed by atoms with Gasteiger partial charge in [-0.3, -0.25) is 4.90 Å². The number of rotatable bonds is 3. The van der Waals surface area contributed by atoms with E-state index in [2.05, 4.69) is 39.3 Å². The van der Waals surface area contributed by atoms with E-state index >= 15 is 0 Å². The summed E-state index contributed by atoms with van der Waals surface area (Å²) in [7, 11) is 0. The maximum absolute atomic E-state index is 13.7. The molecule has 0 N–H and O–H groups in total. The van der Waals surface area contributed by atoms with E-state index in [-0.39, 0.29) is 5.92 Å². The van der Waals surface area contributed by atoms with E-state index in [0.29, 0.717) is 10.6 Å². The van der Waals surface area contributed by atoms with Crippen molar-refractivity contribution in [2.24, 2.45) is 11.8 Å². The van der Waals surface area contributed by atoms with Crippen molar-refractivity contribution in [2.45, 2.75) is 36.9 Å². The molecule has 0 aromatic carbocycles. The molecule has 100 valence electrons. The average molecular weight is 354 g/mol. The lowest BCUT2D eigenvalue weighted by Crippen LogP contribution is -2.43. The van der Waals surface area contributed by atoms with Gasteiger partial charge in [0.05, 0.1) is 4.05 Å². The summed E-state index contributed by atoms with van der Waals surface area (Å²) in [4.78, 5) is 4.88. The van der Waals surface area contributed by atoms with Crippen molar-refractivity contribution in [3.05, 3.63) is 0 Å². The van der Waals surface area contributed by atoms with E-state index in [4.69, 9.17) is 0 Å². The first-order chi connectivity index (χ1) is 8.06. The highest BCUT2D eigenvalue weighted by Crippen LogP contribution is 2.25. The minimum atomic E-state index is -0.607. The molecule has 2 aliphatic heterocycles. The molecule has 2 heterocycles. The predicted molar refractivity (Wildman–Crippen MR) is 78.3 cm³/mol. The first-order valence-electron chi connectivity index (χ1n) is 6.81. The fourth-order valence-electron chi connectivity index (χ4n) is 2.95. The lowest BCUT2D eigenvalue weighted by molar-refractivity contribution is 0.0823. The fourth-order valence-corrected chi connectivity index (χ4v) is 3.46. The molecule has 0 amide bonds. The molecule has 0 aliphatic carbocycles. The van der Waals surface area contributed by atoms with Crippen molar-refractivity contribution in [1.82, 2.24) is 9.80 Å². The molecule has 0 bridgehead atoms. The van der Waals surface area contributed by atoms with Crippen molar-refractivity contribution >= 4 is 22.6 Å². The molecule has 17 heavy (non-hydrogen) atoms. The highest BCUT2D eigenvalue weighted by Gasteiger charge is 2.30. The molecule has 1 unspecified atom stereocenters. The van der Waals surface area contributed by atoms with Gasteiger partial charge in [0, 0.05) is 19.6 Å². The Hall–Kier alpha value is 0.580. The Balaban J connectivity index is 1.75. The lowest BCUT2D eigenvalue weighted by atomic mass is 9.96. The Kier molecular flexibility index (Phi) is 5.06. The second-order valence-electron chi connectivity index (χ2n) is 5.77. The van der Waals surface area contributed by atoms with Gasteiger partial charge < -0.3 is 4.90 Å². The van der Waals surface area contributed by atoms with E-state index < -0.39 is 6.17 Å². The standard InChI is InChI=1S/C13H24FIN2/c1-10-3-5-16(9-13(10)14)7-12-4-6-17(8-12)11(2)15/h10-13H,3-9H2,1-2H3/t10-,11?,12-,13-/m0/s1. The zero-order valence-electron chi connectivity index (χ0n) is 10.9. The summed E-state index contributed by atoms with van der Waals surface area (Å²) in [5, 5.41) is 0. The number of piperidine rings is 1. The second-order valence-corrected chi connectivity index (χ2v) is 7.57. The molecule has 0 radical (unpaired) electrons. The van der Waals surface area contributed by atoms with Crippen molar-refractivity contribution in [3.8, 4) is 0 Å². The highest BCUT2D eigenvalue weighted by molar-refractivity contribution is 14.1. The van der Waals surface area contributed by atoms with Gasteiger partial charge in [-0.15, -0.1) is 0 Å². The second kappa shape index (κ2) is 6.15. The number of likely N-dealkylation sites (tertiary alicyclic amines) is 2. The Bertz CT molecular complexity index is 250. The molecule has 0 aromatic heterocycles. The summed E-state index contributed by atoms with van der Waals surface area (Å²) in [5.41, 5.74) is 0. The summed E-state index contributed by atoms with van der Waals surface area (Å²) >= 11 is 2.48. The van der Waals surface area contributed by atoms with Crippen LogP contribution >= 0.6 is 22.6 Å². The largest absolute Gasteiger partial charge is 0.300 e. The van der Waals surface area contributed by atoms with Gasteiger partial charge in [0.15, 0.2) is 0 Å². The lowest BCUT2D eigenvalue weighted by Gasteiger charge is -2.34. The SMILES string of the molecule is CC(I)N1CC[C@@H](CN2CC[C@H](C)[C@@H](F)C2)C1. The Labute approximate surface area is 118 Å². The van der Waals surface area contributed by atoms with Crippen molar-refractivity contribution in [3.63, 3.8) is 0 Å². The third-order valence-electron chi connectivity index (χ3n) is 4.29. The molecule has 2 rings (SSSR count). The van der Waals surface area contributed by atoms with E-state index in [0.717, 1.165) is 25.4 Å². The number of nitrogens with zero attached hydrogens (tertiary/aromatic N) is 2. The maximum atomic E-state index is 13.7. The van der Waals surface area contributed by atoms with Crippen molar-refractivity contribution in [2.75, 3.05) is 32.7 Å². The summed E-state index contributed by atoms with van der Waals surface area (Å²) in [6.45, 7) is 9.58. The van der Waals surface area contributed by atoms with Gasteiger partial charge in [0.25, 0.3) is 0 Å². The Morgan fingerprint density at radius 1 is 1.29 bits per heavy atom. The van der Waals surface area contributed by atoms with E-state index in [1.54, 1.807) is 0 Å². The molecule has 2 saturated heterocycles. The molecule has 2 nitrogen and oxygen atoms in total. The van der Waals surface area contributed by atoms with Gasteiger partial charge in [-0.2, -0.15) is 0 Å². The molecular weight excluding hydrogens is 330 g/mol. The van der Waals surface area contributed by atoms with Crippen LogP contribution in [0.1, 0.15) is 26.7 Å². The molecule has 0 spiro atoms. The summed E-state index contributed by atoms with van der Waals surface area (Å²) in [6.07, 6.45) is 1.71. The van der Waals surface area contributed by atoms with Gasteiger partial charge in [-0.1, -0.05) is 29.5 Å². The van der Waals surface area contributed by atoms with Crippen LogP contribution in [0.2, 0.25) is 0 Å². The number of alkyl halides is 2. The summed E-state index contributed by atoms with van der Waals surface area (Å²) < 4.78 is 14.3. The third-order valence-corrected chi connectivity index (χ3v) is 5.08. The number of hydrogen-bond acceptors (Lipinski definition) is 2. The monoisotopic (exact) mass is 354 g/mol. The van der Waals surface area contributed by atoms with E-state index in [9.17, 15) is 4.39 Å². The molecule has 0 aromatic rings.